The molecule has 1 aromatic heterocycles. The van der Waals surface area contributed by atoms with Crippen molar-refractivity contribution >= 4 is 0 Å². The van der Waals surface area contributed by atoms with Crippen LogP contribution < -0.4 is 5.32 Å². The minimum absolute atomic E-state index is 0.389. The number of nitrogens with zero attached hydrogens (tertiary/aromatic N) is 1. The first kappa shape index (κ1) is 11.6. The van der Waals surface area contributed by atoms with Crippen LogP contribution in [0.25, 0.3) is 0 Å². The number of nitrogens with one attached hydrogen (secondary N) is 1. The van der Waals surface area contributed by atoms with Crippen LogP contribution in [0, 0.1) is 12.8 Å². The van der Waals surface area contributed by atoms with Gasteiger partial charge in [-0.15, -0.1) is 0 Å². The second kappa shape index (κ2) is 5.41. The molecule has 3 heteroatoms. The molecule has 2 heterocycles. The molecule has 16 heavy (non-hydrogen) atoms. The molecule has 0 aromatic carbocycles. The zero-order valence-electron chi connectivity index (χ0n) is 10.1. The fraction of sp³-hybridized carbons (Fsp3) is 0.615. The Hall–Kier alpha value is -0.930. The highest BCUT2D eigenvalue weighted by Gasteiger charge is 2.26. The molecule has 1 fully saturated rings. The third-order valence-corrected chi connectivity index (χ3v) is 3.15. The fourth-order valence-corrected chi connectivity index (χ4v) is 2.26. The standard InChI is InChI=1S/C13H20N2O/c1-3-14-13(12-6-7-16-9-12)11-5-4-10(2)15-8-11/h4-5,8,12-14H,3,6-7,9H2,1-2H3. The van der Waals surface area contributed by atoms with Gasteiger partial charge in [-0.3, -0.25) is 4.98 Å². The fourth-order valence-electron chi connectivity index (χ4n) is 2.26. The van der Waals surface area contributed by atoms with Gasteiger partial charge in [-0.2, -0.15) is 0 Å². The molecule has 1 aliphatic heterocycles. The van der Waals surface area contributed by atoms with E-state index < -0.39 is 0 Å². The van der Waals surface area contributed by atoms with Gasteiger partial charge in [0.1, 0.15) is 0 Å². The molecule has 2 unspecified atom stereocenters. The smallest absolute Gasteiger partial charge is 0.0513 e. The van der Waals surface area contributed by atoms with Crippen molar-refractivity contribution in [1.82, 2.24) is 10.3 Å². The summed E-state index contributed by atoms with van der Waals surface area (Å²) in [6.07, 6.45) is 3.13. The van der Waals surface area contributed by atoms with Crippen LogP contribution in [0.2, 0.25) is 0 Å². The molecule has 0 radical (unpaired) electrons. The molecule has 2 atom stereocenters. The maximum absolute atomic E-state index is 5.47. The number of pyridine rings is 1. The van der Waals surface area contributed by atoms with Crippen LogP contribution in [0.5, 0.6) is 0 Å². The van der Waals surface area contributed by atoms with E-state index in [9.17, 15) is 0 Å². The summed E-state index contributed by atoms with van der Waals surface area (Å²) < 4.78 is 5.47. The molecule has 0 aliphatic carbocycles. The lowest BCUT2D eigenvalue weighted by molar-refractivity contribution is 0.177. The minimum Gasteiger partial charge on any atom is -0.381 e. The van der Waals surface area contributed by atoms with E-state index in [1.54, 1.807) is 0 Å². The highest BCUT2D eigenvalue weighted by atomic mass is 16.5. The summed E-state index contributed by atoms with van der Waals surface area (Å²) in [6, 6.07) is 4.64. The molecule has 88 valence electrons. The molecule has 1 aliphatic rings. The molecule has 1 N–H and O–H groups in total. The van der Waals surface area contributed by atoms with Gasteiger partial charge in [-0.25, -0.2) is 0 Å². The molecule has 2 rings (SSSR count). The third kappa shape index (κ3) is 2.60. The Bertz CT molecular complexity index is 317. The Morgan fingerprint density at radius 3 is 3.00 bits per heavy atom. The van der Waals surface area contributed by atoms with E-state index in [2.05, 4.69) is 29.4 Å². The Labute approximate surface area is 97.2 Å². The molecule has 1 aromatic rings. The number of aryl methyl sites for hydroxylation is 1. The topological polar surface area (TPSA) is 34.2 Å². The summed E-state index contributed by atoms with van der Waals surface area (Å²) in [6.45, 7) is 6.90. The van der Waals surface area contributed by atoms with Gasteiger partial charge in [0.25, 0.3) is 0 Å². The lowest BCUT2D eigenvalue weighted by Gasteiger charge is -2.23. The Morgan fingerprint density at radius 2 is 2.44 bits per heavy atom. The summed E-state index contributed by atoms with van der Waals surface area (Å²) in [7, 11) is 0. The van der Waals surface area contributed by atoms with Gasteiger partial charge in [-0.1, -0.05) is 13.0 Å². The van der Waals surface area contributed by atoms with Crippen LogP contribution in [-0.4, -0.2) is 24.7 Å². The maximum atomic E-state index is 5.47. The first-order valence-electron chi connectivity index (χ1n) is 6.05. The van der Waals surface area contributed by atoms with E-state index in [0.717, 1.165) is 31.9 Å². The summed E-state index contributed by atoms with van der Waals surface area (Å²) in [5.41, 5.74) is 2.35. The number of rotatable bonds is 4. The number of hydrogen-bond acceptors (Lipinski definition) is 3. The van der Waals surface area contributed by atoms with Crippen LogP contribution in [0.3, 0.4) is 0 Å². The van der Waals surface area contributed by atoms with E-state index >= 15 is 0 Å². The number of hydrogen-bond donors (Lipinski definition) is 1. The highest BCUT2D eigenvalue weighted by Crippen LogP contribution is 2.28. The normalized spacial score (nSPS) is 22.2. The lowest BCUT2D eigenvalue weighted by atomic mass is 9.93. The van der Waals surface area contributed by atoms with E-state index in [1.807, 2.05) is 13.1 Å². The van der Waals surface area contributed by atoms with Crippen LogP contribution in [0.4, 0.5) is 0 Å². The zero-order valence-corrected chi connectivity index (χ0v) is 10.1. The highest BCUT2D eigenvalue weighted by molar-refractivity contribution is 5.18. The largest absolute Gasteiger partial charge is 0.381 e. The van der Waals surface area contributed by atoms with Crippen molar-refractivity contribution in [1.29, 1.82) is 0 Å². The summed E-state index contributed by atoms with van der Waals surface area (Å²) in [4.78, 5) is 4.37. The van der Waals surface area contributed by atoms with Gasteiger partial charge in [0.05, 0.1) is 6.61 Å². The van der Waals surface area contributed by atoms with E-state index in [0.29, 0.717) is 12.0 Å². The quantitative estimate of drug-likeness (QED) is 0.843. The summed E-state index contributed by atoms with van der Waals surface area (Å²) in [5, 5.41) is 3.54. The van der Waals surface area contributed by atoms with Gasteiger partial charge >= 0.3 is 0 Å². The van der Waals surface area contributed by atoms with Crippen LogP contribution in [0.15, 0.2) is 18.3 Å². The monoisotopic (exact) mass is 220 g/mol. The van der Waals surface area contributed by atoms with Gasteiger partial charge in [-0.05, 0) is 31.5 Å². The molecule has 0 amide bonds. The van der Waals surface area contributed by atoms with Gasteiger partial charge in [0.2, 0.25) is 0 Å². The molecule has 0 spiro atoms. The first-order valence-corrected chi connectivity index (χ1v) is 6.05. The second-order valence-corrected chi connectivity index (χ2v) is 4.39. The maximum Gasteiger partial charge on any atom is 0.0513 e. The molecule has 0 saturated carbocycles. The Kier molecular flexibility index (Phi) is 3.91. The van der Waals surface area contributed by atoms with E-state index in [4.69, 9.17) is 4.74 Å². The number of ether oxygens (including phenoxy) is 1. The molecule has 1 saturated heterocycles. The van der Waals surface area contributed by atoms with Crippen LogP contribution >= 0.6 is 0 Å². The second-order valence-electron chi connectivity index (χ2n) is 4.39. The van der Waals surface area contributed by atoms with Crippen molar-refractivity contribution in [3.8, 4) is 0 Å². The molecule has 3 nitrogen and oxygen atoms in total. The third-order valence-electron chi connectivity index (χ3n) is 3.15. The Balaban J connectivity index is 2.14. The lowest BCUT2D eigenvalue weighted by Crippen LogP contribution is -2.28. The first-order chi connectivity index (χ1) is 7.81. The predicted octanol–water partition coefficient (Wildman–Crippen LogP) is 2.08. The van der Waals surface area contributed by atoms with Gasteiger partial charge < -0.3 is 10.1 Å². The summed E-state index contributed by atoms with van der Waals surface area (Å²) in [5.74, 6) is 0.587. The predicted molar refractivity (Wildman–Crippen MR) is 64.3 cm³/mol. The van der Waals surface area contributed by atoms with Gasteiger partial charge in [0, 0.05) is 30.5 Å². The van der Waals surface area contributed by atoms with Crippen molar-refractivity contribution in [2.75, 3.05) is 19.8 Å². The molecular formula is C13H20N2O. The zero-order chi connectivity index (χ0) is 11.4. The van der Waals surface area contributed by atoms with Crippen molar-refractivity contribution in [2.24, 2.45) is 5.92 Å². The van der Waals surface area contributed by atoms with E-state index in [1.165, 1.54) is 5.56 Å². The SMILES string of the molecule is CCNC(c1ccc(C)nc1)C1CCOC1. The Morgan fingerprint density at radius 1 is 1.56 bits per heavy atom. The van der Waals surface area contributed by atoms with E-state index in [-0.39, 0.29) is 0 Å². The average molecular weight is 220 g/mol. The average Bonchev–Trinajstić information content (AvgIpc) is 2.81. The van der Waals surface area contributed by atoms with Gasteiger partial charge in [0.15, 0.2) is 0 Å². The van der Waals surface area contributed by atoms with Crippen molar-refractivity contribution < 1.29 is 4.74 Å². The summed E-state index contributed by atoms with van der Waals surface area (Å²) >= 11 is 0. The van der Waals surface area contributed by atoms with Crippen molar-refractivity contribution in [3.63, 3.8) is 0 Å². The van der Waals surface area contributed by atoms with Crippen molar-refractivity contribution in [2.45, 2.75) is 26.3 Å². The molecular weight excluding hydrogens is 200 g/mol. The number of aromatic nitrogens is 1. The van der Waals surface area contributed by atoms with Crippen LogP contribution in [-0.2, 0) is 4.74 Å². The van der Waals surface area contributed by atoms with Crippen LogP contribution in [0.1, 0.15) is 30.6 Å². The molecule has 0 bridgehead atoms. The van der Waals surface area contributed by atoms with Crippen molar-refractivity contribution in [3.05, 3.63) is 29.6 Å². The minimum atomic E-state index is 0.389.